The SMILES string of the molecule is COc1ccccc1[C@H](CNC(=O)Nc1ccccc1-n1cnnn1)N(C)C. The lowest BCUT2D eigenvalue weighted by molar-refractivity contribution is 0.242. The molecule has 0 aliphatic rings. The van der Waals surface area contributed by atoms with Crippen molar-refractivity contribution in [1.82, 2.24) is 30.4 Å². The summed E-state index contributed by atoms with van der Waals surface area (Å²) in [6.07, 6.45) is 1.47. The van der Waals surface area contributed by atoms with Gasteiger partial charge in [0.15, 0.2) is 0 Å². The van der Waals surface area contributed by atoms with Crippen LogP contribution in [0.4, 0.5) is 10.5 Å². The van der Waals surface area contributed by atoms with Gasteiger partial charge in [-0.1, -0.05) is 30.3 Å². The summed E-state index contributed by atoms with van der Waals surface area (Å²) in [4.78, 5) is 14.5. The molecule has 0 fully saturated rings. The molecule has 3 aromatic rings. The van der Waals surface area contributed by atoms with E-state index in [1.54, 1.807) is 13.2 Å². The van der Waals surface area contributed by atoms with E-state index in [1.807, 2.05) is 61.5 Å². The van der Waals surface area contributed by atoms with Gasteiger partial charge in [0.1, 0.15) is 12.1 Å². The van der Waals surface area contributed by atoms with E-state index in [0.717, 1.165) is 11.3 Å². The number of nitrogens with zero attached hydrogens (tertiary/aromatic N) is 5. The number of hydrogen-bond acceptors (Lipinski definition) is 6. The third-order valence-corrected chi connectivity index (χ3v) is 4.33. The highest BCUT2D eigenvalue weighted by molar-refractivity contribution is 5.91. The Bertz CT molecular complexity index is 912. The number of para-hydroxylation sites is 3. The van der Waals surface area contributed by atoms with Crippen LogP contribution in [0.2, 0.25) is 0 Å². The van der Waals surface area contributed by atoms with Crippen LogP contribution in [0, 0.1) is 0 Å². The summed E-state index contributed by atoms with van der Waals surface area (Å²) in [5.41, 5.74) is 2.28. The van der Waals surface area contributed by atoms with Crippen LogP contribution in [0.25, 0.3) is 5.69 Å². The number of anilines is 1. The number of rotatable bonds is 7. The molecule has 28 heavy (non-hydrogen) atoms. The third kappa shape index (κ3) is 4.44. The van der Waals surface area contributed by atoms with Crippen LogP contribution < -0.4 is 15.4 Å². The van der Waals surface area contributed by atoms with Gasteiger partial charge < -0.3 is 20.3 Å². The van der Waals surface area contributed by atoms with Crippen LogP contribution in [0.3, 0.4) is 0 Å². The van der Waals surface area contributed by atoms with Gasteiger partial charge in [-0.25, -0.2) is 4.79 Å². The molecule has 0 unspecified atom stereocenters. The van der Waals surface area contributed by atoms with E-state index in [4.69, 9.17) is 4.74 Å². The van der Waals surface area contributed by atoms with Gasteiger partial charge in [-0.3, -0.25) is 0 Å². The number of tetrazole rings is 1. The number of hydrogen-bond donors (Lipinski definition) is 2. The van der Waals surface area contributed by atoms with E-state index in [1.165, 1.54) is 11.0 Å². The predicted molar refractivity (Wildman–Crippen MR) is 106 cm³/mol. The van der Waals surface area contributed by atoms with Crippen molar-refractivity contribution in [2.24, 2.45) is 0 Å². The quantitative estimate of drug-likeness (QED) is 0.650. The average Bonchev–Trinajstić information content (AvgIpc) is 3.23. The Morgan fingerprint density at radius 2 is 1.93 bits per heavy atom. The highest BCUT2D eigenvalue weighted by atomic mass is 16.5. The Kier molecular flexibility index (Phi) is 6.18. The number of benzene rings is 2. The molecule has 0 saturated heterocycles. The van der Waals surface area contributed by atoms with Crippen LogP contribution in [-0.2, 0) is 0 Å². The Morgan fingerprint density at radius 3 is 2.64 bits per heavy atom. The molecule has 0 aliphatic carbocycles. The van der Waals surface area contributed by atoms with Crippen molar-refractivity contribution in [1.29, 1.82) is 0 Å². The first-order valence-corrected chi connectivity index (χ1v) is 8.76. The van der Waals surface area contributed by atoms with Crippen molar-refractivity contribution in [3.8, 4) is 11.4 Å². The molecular formula is C19H23N7O2. The molecular weight excluding hydrogens is 358 g/mol. The van der Waals surface area contributed by atoms with E-state index >= 15 is 0 Å². The first-order chi connectivity index (χ1) is 13.6. The minimum absolute atomic E-state index is 0.0448. The second kappa shape index (κ2) is 8.96. The molecule has 1 atom stereocenters. The second-order valence-corrected chi connectivity index (χ2v) is 6.33. The molecule has 0 saturated carbocycles. The average molecular weight is 381 g/mol. The first-order valence-electron chi connectivity index (χ1n) is 8.76. The summed E-state index contributed by atoms with van der Waals surface area (Å²) in [5, 5.41) is 16.9. The second-order valence-electron chi connectivity index (χ2n) is 6.33. The summed E-state index contributed by atoms with van der Waals surface area (Å²) >= 11 is 0. The van der Waals surface area contributed by atoms with E-state index in [-0.39, 0.29) is 12.1 Å². The van der Waals surface area contributed by atoms with Crippen molar-refractivity contribution >= 4 is 11.7 Å². The van der Waals surface area contributed by atoms with Gasteiger partial charge in [0.25, 0.3) is 0 Å². The van der Waals surface area contributed by atoms with Gasteiger partial charge >= 0.3 is 6.03 Å². The lowest BCUT2D eigenvalue weighted by Crippen LogP contribution is -2.37. The maximum absolute atomic E-state index is 12.5. The monoisotopic (exact) mass is 381 g/mol. The van der Waals surface area contributed by atoms with Crippen LogP contribution in [0.1, 0.15) is 11.6 Å². The van der Waals surface area contributed by atoms with Crippen molar-refractivity contribution in [2.45, 2.75) is 6.04 Å². The number of carbonyl (C=O) groups excluding carboxylic acids is 1. The largest absolute Gasteiger partial charge is 0.496 e. The maximum Gasteiger partial charge on any atom is 0.319 e. The molecule has 9 heteroatoms. The number of nitrogens with one attached hydrogen (secondary N) is 2. The fourth-order valence-electron chi connectivity index (χ4n) is 2.92. The van der Waals surface area contributed by atoms with Crippen molar-refractivity contribution in [3.05, 3.63) is 60.4 Å². The lowest BCUT2D eigenvalue weighted by atomic mass is 10.0. The third-order valence-electron chi connectivity index (χ3n) is 4.33. The number of aromatic nitrogens is 4. The standard InChI is InChI=1S/C19H23N7O2/c1-25(2)17(14-8-4-7-11-18(14)28-3)12-20-19(27)22-15-9-5-6-10-16(15)26-13-21-23-24-26/h4-11,13,17H,12H2,1-3H3,(H2,20,22,27)/t17-/m0/s1. The molecule has 9 nitrogen and oxygen atoms in total. The minimum Gasteiger partial charge on any atom is -0.496 e. The van der Waals surface area contributed by atoms with E-state index in [2.05, 4.69) is 26.2 Å². The zero-order valence-electron chi connectivity index (χ0n) is 16.0. The molecule has 1 aromatic heterocycles. The minimum atomic E-state index is -0.317. The molecule has 0 aliphatic heterocycles. The number of methoxy groups -OCH3 is 1. The molecule has 3 rings (SSSR count). The molecule has 0 bridgehead atoms. The maximum atomic E-state index is 12.5. The summed E-state index contributed by atoms with van der Waals surface area (Å²) in [5.74, 6) is 0.785. The molecule has 2 N–H and O–H groups in total. The topological polar surface area (TPSA) is 97.2 Å². The summed E-state index contributed by atoms with van der Waals surface area (Å²) in [7, 11) is 5.56. The van der Waals surface area contributed by atoms with E-state index < -0.39 is 0 Å². The van der Waals surface area contributed by atoms with Gasteiger partial charge in [0.05, 0.1) is 24.5 Å². The molecule has 2 aromatic carbocycles. The summed E-state index contributed by atoms with van der Waals surface area (Å²) < 4.78 is 6.95. The van der Waals surface area contributed by atoms with E-state index in [9.17, 15) is 4.79 Å². The molecule has 1 heterocycles. The number of urea groups is 1. The fourth-order valence-corrected chi connectivity index (χ4v) is 2.92. The normalized spacial score (nSPS) is 11.9. The number of ether oxygens (including phenoxy) is 1. The van der Waals surface area contributed by atoms with Crippen LogP contribution >= 0.6 is 0 Å². The Hall–Kier alpha value is -3.46. The summed E-state index contributed by atoms with van der Waals surface area (Å²) in [6, 6.07) is 14.7. The first kappa shape index (κ1) is 19.3. The number of amides is 2. The Labute approximate surface area is 163 Å². The Balaban J connectivity index is 1.70. The number of likely N-dealkylation sites (N-methyl/N-ethyl adjacent to an activating group) is 1. The molecule has 0 radical (unpaired) electrons. The fraction of sp³-hybridized carbons (Fsp3) is 0.263. The van der Waals surface area contributed by atoms with Gasteiger partial charge in [-0.2, -0.15) is 4.68 Å². The smallest absolute Gasteiger partial charge is 0.319 e. The lowest BCUT2D eigenvalue weighted by Gasteiger charge is -2.26. The Morgan fingerprint density at radius 1 is 1.18 bits per heavy atom. The van der Waals surface area contributed by atoms with Crippen molar-refractivity contribution in [2.75, 3.05) is 33.1 Å². The van der Waals surface area contributed by atoms with Crippen molar-refractivity contribution < 1.29 is 9.53 Å². The van der Waals surface area contributed by atoms with E-state index in [0.29, 0.717) is 17.9 Å². The van der Waals surface area contributed by atoms with Gasteiger partial charge in [0, 0.05) is 12.1 Å². The molecule has 2 amide bonds. The number of carbonyl (C=O) groups is 1. The van der Waals surface area contributed by atoms with Gasteiger partial charge in [-0.15, -0.1) is 5.10 Å². The van der Waals surface area contributed by atoms with Crippen LogP contribution in [0.5, 0.6) is 5.75 Å². The highest BCUT2D eigenvalue weighted by Gasteiger charge is 2.19. The predicted octanol–water partition coefficient (Wildman–Crippen LogP) is 2.10. The molecule has 146 valence electrons. The van der Waals surface area contributed by atoms with Crippen molar-refractivity contribution in [3.63, 3.8) is 0 Å². The zero-order valence-corrected chi connectivity index (χ0v) is 16.0. The van der Waals surface area contributed by atoms with Gasteiger partial charge in [-0.05, 0) is 42.7 Å². The highest BCUT2D eigenvalue weighted by Crippen LogP contribution is 2.27. The van der Waals surface area contributed by atoms with Crippen LogP contribution in [-0.4, -0.2) is 58.9 Å². The van der Waals surface area contributed by atoms with Crippen LogP contribution in [0.15, 0.2) is 54.9 Å². The zero-order chi connectivity index (χ0) is 19.9. The summed E-state index contributed by atoms with van der Waals surface area (Å²) in [6.45, 7) is 0.409. The molecule has 0 spiro atoms. The van der Waals surface area contributed by atoms with Gasteiger partial charge in [0.2, 0.25) is 0 Å².